The largest absolute Gasteiger partial charge is 0.508 e. The van der Waals surface area contributed by atoms with Crippen molar-refractivity contribution in [2.75, 3.05) is 11.9 Å². The highest BCUT2D eigenvalue weighted by molar-refractivity contribution is 6.18. The van der Waals surface area contributed by atoms with Gasteiger partial charge in [-0.1, -0.05) is 30.3 Å². The molecule has 2 N–H and O–H groups in total. The average Bonchev–Trinajstić information content (AvgIpc) is 2.69. The van der Waals surface area contributed by atoms with Crippen LogP contribution in [0.1, 0.15) is 18.4 Å². The first-order valence-electron chi connectivity index (χ1n) is 8.91. The van der Waals surface area contributed by atoms with Crippen molar-refractivity contribution >= 4 is 23.3 Å². The quantitative estimate of drug-likeness (QED) is 0.793. The minimum Gasteiger partial charge on any atom is -0.508 e. The van der Waals surface area contributed by atoms with E-state index in [2.05, 4.69) is 5.32 Å². The fourth-order valence-corrected chi connectivity index (χ4v) is 3.40. The van der Waals surface area contributed by atoms with Crippen LogP contribution in [0.4, 0.5) is 5.69 Å². The van der Waals surface area contributed by atoms with E-state index in [4.69, 9.17) is 0 Å². The molecule has 6 heteroatoms. The predicted octanol–water partition coefficient (Wildman–Crippen LogP) is 2.06. The number of phenols is 1. The molecule has 140 valence electrons. The van der Waals surface area contributed by atoms with Crippen molar-refractivity contribution < 1.29 is 19.5 Å². The third-order valence-electron chi connectivity index (χ3n) is 4.84. The lowest BCUT2D eigenvalue weighted by Gasteiger charge is -2.37. The number of amides is 2. The molecule has 2 amide bonds. The number of aryl methyl sites for hydroxylation is 1. The number of likely N-dealkylation sites (N-methyl/N-ethyl adjacent to an activating group) is 1. The van der Waals surface area contributed by atoms with Crippen molar-refractivity contribution in [2.45, 2.75) is 25.3 Å². The Morgan fingerprint density at radius 2 is 1.78 bits per heavy atom. The first-order chi connectivity index (χ1) is 13.0. The highest BCUT2D eigenvalue weighted by Gasteiger charge is 2.44. The number of carbonyl (C=O) groups is 3. The van der Waals surface area contributed by atoms with E-state index in [1.807, 2.05) is 6.07 Å². The lowest BCUT2D eigenvalue weighted by atomic mass is 9.85. The normalized spacial score (nSPS) is 19.8. The van der Waals surface area contributed by atoms with Crippen LogP contribution in [0.15, 0.2) is 54.6 Å². The molecular formula is C21H22N2O4. The van der Waals surface area contributed by atoms with Crippen LogP contribution >= 0.6 is 0 Å². The fourth-order valence-electron chi connectivity index (χ4n) is 3.40. The number of rotatable bonds is 5. The first kappa shape index (κ1) is 18.6. The summed E-state index contributed by atoms with van der Waals surface area (Å²) in [4.78, 5) is 39.4. The molecule has 0 aliphatic carbocycles. The summed E-state index contributed by atoms with van der Waals surface area (Å²) in [6.45, 7) is 0. The molecule has 1 heterocycles. The number of hydrogen-bond acceptors (Lipinski definition) is 4. The molecule has 0 unspecified atom stereocenters. The average molecular weight is 366 g/mol. The van der Waals surface area contributed by atoms with Crippen LogP contribution in [0.3, 0.4) is 0 Å². The minimum atomic E-state index is -1.13. The second-order valence-corrected chi connectivity index (χ2v) is 6.63. The zero-order chi connectivity index (χ0) is 19.4. The van der Waals surface area contributed by atoms with Crippen molar-refractivity contribution in [1.29, 1.82) is 0 Å². The van der Waals surface area contributed by atoms with E-state index >= 15 is 0 Å². The van der Waals surface area contributed by atoms with Crippen molar-refractivity contribution in [3.05, 3.63) is 60.2 Å². The maximum absolute atomic E-state index is 13.1. The van der Waals surface area contributed by atoms with Gasteiger partial charge in [-0.05, 0) is 42.7 Å². The van der Waals surface area contributed by atoms with Gasteiger partial charge in [0.05, 0.1) is 0 Å². The smallest absolute Gasteiger partial charge is 0.250 e. The fraction of sp³-hybridized carbons (Fsp3) is 0.286. The predicted molar refractivity (Wildman–Crippen MR) is 101 cm³/mol. The molecule has 1 aliphatic heterocycles. The lowest BCUT2D eigenvalue weighted by molar-refractivity contribution is -0.139. The third-order valence-corrected chi connectivity index (χ3v) is 4.84. The summed E-state index contributed by atoms with van der Waals surface area (Å²) in [5.41, 5.74) is 1.52. The van der Waals surface area contributed by atoms with Crippen molar-refractivity contribution in [3.63, 3.8) is 0 Å². The summed E-state index contributed by atoms with van der Waals surface area (Å²) in [6, 6.07) is 14.5. The Labute approximate surface area is 157 Å². The van der Waals surface area contributed by atoms with Crippen LogP contribution in [-0.4, -0.2) is 35.8 Å². The highest BCUT2D eigenvalue weighted by atomic mass is 16.3. The van der Waals surface area contributed by atoms with Crippen LogP contribution in [-0.2, 0) is 20.8 Å². The summed E-state index contributed by atoms with van der Waals surface area (Å²) < 4.78 is 0. The Morgan fingerprint density at radius 1 is 1.11 bits per heavy atom. The summed E-state index contributed by atoms with van der Waals surface area (Å²) >= 11 is 0. The van der Waals surface area contributed by atoms with E-state index in [-0.39, 0.29) is 23.9 Å². The summed E-state index contributed by atoms with van der Waals surface area (Å²) in [6.07, 6.45) is 1.16. The van der Waals surface area contributed by atoms with Gasteiger partial charge in [-0.25, -0.2) is 0 Å². The van der Waals surface area contributed by atoms with Gasteiger partial charge in [0.2, 0.25) is 5.91 Å². The molecule has 0 saturated carbocycles. The lowest BCUT2D eigenvalue weighted by Crippen LogP contribution is -2.59. The number of benzene rings is 2. The van der Waals surface area contributed by atoms with Gasteiger partial charge in [-0.15, -0.1) is 0 Å². The summed E-state index contributed by atoms with van der Waals surface area (Å²) in [5, 5.41) is 11.9. The van der Waals surface area contributed by atoms with Crippen LogP contribution in [0.2, 0.25) is 0 Å². The van der Waals surface area contributed by atoms with E-state index in [0.29, 0.717) is 18.5 Å². The van der Waals surface area contributed by atoms with Crippen LogP contribution in [0.25, 0.3) is 0 Å². The molecule has 1 fully saturated rings. The standard InChI is InChI=1S/C21H22N2O4/c1-22-20(26)19-18(25)13-15(10-7-14-8-11-17(24)12-9-14)21(27)23(19)16-5-3-2-4-6-16/h2-6,8-9,11-12,15,19,24H,7,10,13H2,1H3,(H,22,26)/t15-,19+/m1/s1. The number of nitrogens with zero attached hydrogens (tertiary/aromatic N) is 1. The van der Waals surface area contributed by atoms with E-state index in [9.17, 15) is 19.5 Å². The number of hydrogen-bond donors (Lipinski definition) is 2. The number of para-hydroxylation sites is 1. The Bertz CT molecular complexity index is 833. The summed E-state index contributed by atoms with van der Waals surface area (Å²) in [7, 11) is 1.46. The number of nitrogens with one attached hydrogen (secondary N) is 1. The third kappa shape index (κ3) is 4.00. The number of piperidine rings is 1. The number of aromatic hydroxyl groups is 1. The maximum Gasteiger partial charge on any atom is 0.250 e. The Balaban J connectivity index is 1.83. The molecule has 3 rings (SSSR count). The topological polar surface area (TPSA) is 86.7 Å². The molecule has 0 bridgehead atoms. The first-order valence-corrected chi connectivity index (χ1v) is 8.91. The van der Waals surface area contributed by atoms with Gasteiger partial charge in [0.1, 0.15) is 5.75 Å². The van der Waals surface area contributed by atoms with E-state index < -0.39 is 17.9 Å². The van der Waals surface area contributed by atoms with Crippen molar-refractivity contribution in [1.82, 2.24) is 5.32 Å². The van der Waals surface area contributed by atoms with Gasteiger partial charge in [0.25, 0.3) is 5.91 Å². The van der Waals surface area contributed by atoms with Gasteiger partial charge in [-0.3, -0.25) is 19.3 Å². The molecule has 1 saturated heterocycles. The van der Waals surface area contributed by atoms with Gasteiger partial charge in [-0.2, -0.15) is 0 Å². The Kier molecular flexibility index (Phi) is 5.54. The van der Waals surface area contributed by atoms with E-state index in [1.54, 1.807) is 48.5 Å². The molecule has 0 radical (unpaired) electrons. The van der Waals surface area contributed by atoms with Crippen LogP contribution < -0.4 is 10.2 Å². The van der Waals surface area contributed by atoms with Crippen molar-refractivity contribution in [3.8, 4) is 5.75 Å². The minimum absolute atomic E-state index is 0.0539. The van der Waals surface area contributed by atoms with E-state index in [1.165, 1.54) is 11.9 Å². The molecule has 2 aromatic rings. The molecular weight excluding hydrogens is 344 g/mol. The second-order valence-electron chi connectivity index (χ2n) is 6.63. The molecule has 0 spiro atoms. The Morgan fingerprint density at radius 3 is 2.41 bits per heavy atom. The highest BCUT2D eigenvalue weighted by Crippen LogP contribution is 2.30. The summed E-state index contributed by atoms with van der Waals surface area (Å²) in [5.74, 6) is -1.24. The van der Waals surface area contributed by atoms with Gasteiger partial charge in [0.15, 0.2) is 11.8 Å². The number of carbonyl (C=O) groups excluding carboxylic acids is 3. The monoisotopic (exact) mass is 366 g/mol. The molecule has 2 aromatic carbocycles. The molecule has 6 nitrogen and oxygen atoms in total. The molecule has 1 aliphatic rings. The van der Waals surface area contributed by atoms with Gasteiger partial charge in [0, 0.05) is 25.1 Å². The van der Waals surface area contributed by atoms with Gasteiger partial charge >= 0.3 is 0 Å². The van der Waals surface area contributed by atoms with Crippen LogP contribution in [0, 0.1) is 5.92 Å². The van der Waals surface area contributed by atoms with Gasteiger partial charge < -0.3 is 10.4 Å². The zero-order valence-electron chi connectivity index (χ0n) is 15.1. The van der Waals surface area contributed by atoms with Crippen LogP contribution in [0.5, 0.6) is 5.75 Å². The number of phenolic OH excluding ortho intramolecular Hbond substituents is 1. The number of ketones is 1. The second kappa shape index (κ2) is 8.03. The molecule has 27 heavy (non-hydrogen) atoms. The SMILES string of the molecule is CNC(=O)[C@@H]1C(=O)C[C@@H](CCc2ccc(O)cc2)C(=O)N1c1ccccc1. The Hall–Kier alpha value is -3.15. The zero-order valence-corrected chi connectivity index (χ0v) is 15.1. The molecule has 0 aromatic heterocycles. The van der Waals surface area contributed by atoms with E-state index in [0.717, 1.165) is 5.56 Å². The molecule has 2 atom stereocenters. The number of Topliss-reactive ketones (excluding diaryl/α,β-unsaturated/α-hetero) is 1. The van der Waals surface area contributed by atoms with Crippen molar-refractivity contribution in [2.24, 2.45) is 5.92 Å². The number of anilines is 1. The maximum atomic E-state index is 13.1.